The molecule has 0 unspecified atom stereocenters. The van der Waals surface area contributed by atoms with Gasteiger partial charge in [-0.15, -0.1) is 0 Å². The summed E-state index contributed by atoms with van der Waals surface area (Å²) >= 11 is 0. The molecule has 0 aliphatic carbocycles. The SMILES string of the molecule is CC(C)(C)CN1CCCC1(C)C. The zero-order valence-corrected chi connectivity index (χ0v) is 9.28. The van der Waals surface area contributed by atoms with E-state index in [1.807, 2.05) is 0 Å². The van der Waals surface area contributed by atoms with Crippen LogP contribution in [0.1, 0.15) is 47.5 Å². The molecule has 1 saturated heterocycles. The first-order valence-corrected chi connectivity index (χ1v) is 5.06. The smallest absolute Gasteiger partial charge is 0.0153 e. The molecule has 1 aliphatic heterocycles. The predicted molar refractivity (Wildman–Crippen MR) is 54.3 cm³/mol. The summed E-state index contributed by atoms with van der Waals surface area (Å²) in [6.07, 6.45) is 2.74. The van der Waals surface area contributed by atoms with E-state index < -0.39 is 0 Å². The largest absolute Gasteiger partial charge is 0.298 e. The molecule has 0 bridgehead atoms. The van der Waals surface area contributed by atoms with Crippen LogP contribution in [0, 0.1) is 5.41 Å². The average Bonchev–Trinajstić information content (AvgIpc) is 2.07. The number of rotatable bonds is 1. The molecule has 0 N–H and O–H groups in total. The van der Waals surface area contributed by atoms with E-state index in [2.05, 4.69) is 39.5 Å². The van der Waals surface area contributed by atoms with Gasteiger partial charge in [0.2, 0.25) is 0 Å². The molecule has 1 fully saturated rings. The molecule has 0 atom stereocenters. The molecule has 0 aromatic rings. The lowest BCUT2D eigenvalue weighted by molar-refractivity contribution is 0.122. The number of nitrogens with zero attached hydrogens (tertiary/aromatic N) is 1. The molecule has 0 spiro atoms. The lowest BCUT2D eigenvalue weighted by atomic mass is 9.93. The topological polar surface area (TPSA) is 3.24 Å². The average molecular weight is 169 g/mol. The van der Waals surface area contributed by atoms with E-state index in [9.17, 15) is 0 Å². The Hall–Kier alpha value is -0.0400. The second-order valence-corrected chi connectivity index (χ2v) is 5.90. The van der Waals surface area contributed by atoms with Crippen LogP contribution in [0.4, 0.5) is 0 Å². The van der Waals surface area contributed by atoms with Gasteiger partial charge in [0, 0.05) is 12.1 Å². The van der Waals surface area contributed by atoms with Gasteiger partial charge in [-0.2, -0.15) is 0 Å². The van der Waals surface area contributed by atoms with Crippen molar-refractivity contribution in [2.45, 2.75) is 53.0 Å². The van der Waals surface area contributed by atoms with Crippen LogP contribution < -0.4 is 0 Å². The van der Waals surface area contributed by atoms with Crippen molar-refractivity contribution in [1.29, 1.82) is 0 Å². The third-order valence-electron chi connectivity index (χ3n) is 2.74. The Morgan fingerprint density at radius 3 is 2.17 bits per heavy atom. The molecule has 0 saturated carbocycles. The fourth-order valence-electron chi connectivity index (χ4n) is 2.03. The van der Waals surface area contributed by atoms with Crippen molar-refractivity contribution in [2.24, 2.45) is 5.41 Å². The molecule has 1 aliphatic rings. The number of likely N-dealkylation sites (tertiary alicyclic amines) is 1. The normalized spacial score (nSPS) is 24.8. The van der Waals surface area contributed by atoms with Gasteiger partial charge in [0.25, 0.3) is 0 Å². The monoisotopic (exact) mass is 169 g/mol. The fourth-order valence-corrected chi connectivity index (χ4v) is 2.03. The van der Waals surface area contributed by atoms with Crippen LogP contribution in [-0.2, 0) is 0 Å². The summed E-state index contributed by atoms with van der Waals surface area (Å²) < 4.78 is 0. The van der Waals surface area contributed by atoms with E-state index in [1.165, 1.54) is 25.9 Å². The Morgan fingerprint density at radius 2 is 1.83 bits per heavy atom. The van der Waals surface area contributed by atoms with E-state index in [0.29, 0.717) is 11.0 Å². The molecule has 72 valence electrons. The second-order valence-electron chi connectivity index (χ2n) is 5.90. The van der Waals surface area contributed by atoms with Gasteiger partial charge < -0.3 is 0 Å². The number of hydrogen-bond donors (Lipinski definition) is 0. The van der Waals surface area contributed by atoms with Crippen LogP contribution >= 0.6 is 0 Å². The third-order valence-corrected chi connectivity index (χ3v) is 2.74. The molecule has 0 aromatic carbocycles. The summed E-state index contributed by atoms with van der Waals surface area (Å²) in [5.41, 5.74) is 0.898. The lowest BCUT2D eigenvalue weighted by Gasteiger charge is -2.36. The van der Waals surface area contributed by atoms with E-state index >= 15 is 0 Å². The minimum absolute atomic E-state index is 0.446. The van der Waals surface area contributed by atoms with E-state index in [-0.39, 0.29) is 0 Å². The van der Waals surface area contributed by atoms with Crippen LogP contribution in [-0.4, -0.2) is 23.5 Å². The van der Waals surface area contributed by atoms with E-state index in [0.717, 1.165) is 0 Å². The molecule has 0 amide bonds. The Bertz CT molecular complexity index is 153. The van der Waals surface area contributed by atoms with Gasteiger partial charge in [0.15, 0.2) is 0 Å². The first-order valence-electron chi connectivity index (χ1n) is 5.06. The quantitative estimate of drug-likeness (QED) is 0.583. The Kier molecular flexibility index (Phi) is 2.53. The highest BCUT2D eigenvalue weighted by atomic mass is 15.2. The summed E-state index contributed by atoms with van der Waals surface area (Å²) in [6.45, 7) is 14.2. The summed E-state index contributed by atoms with van der Waals surface area (Å²) in [6, 6.07) is 0. The van der Waals surface area contributed by atoms with Crippen LogP contribution in [0.25, 0.3) is 0 Å². The minimum atomic E-state index is 0.446. The van der Waals surface area contributed by atoms with Gasteiger partial charge in [0.1, 0.15) is 0 Å². The van der Waals surface area contributed by atoms with E-state index in [1.54, 1.807) is 0 Å². The zero-order valence-electron chi connectivity index (χ0n) is 9.28. The summed E-state index contributed by atoms with van der Waals surface area (Å²) in [7, 11) is 0. The van der Waals surface area contributed by atoms with Gasteiger partial charge in [-0.05, 0) is 38.6 Å². The summed E-state index contributed by atoms with van der Waals surface area (Å²) in [4.78, 5) is 2.63. The summed E-state index contributed by atoms with van der Waals surface area (Å²) in [5, 5.41) is 0. The first-order chi connectivity index (χ1) is 5.31. The van der Waals surface area contributed by atoms with E-state index in [4.69, 9.17) is 0 Å². The van der Waals surface area contributed by atoms with Crippen LogP contribution in [0.5, 0.6) is 0 Å². The molecular formula is C11H23N. The maximum atomic E-state index is 2.63. The molecule has 0 aromatic heterocycles. The Morgan fingerprint density at radius 1 is 1.25 bits per heavy atom. The maximum absolute atomic E-state index is 2.63. The highest BCUT2D eigenvalue weighted by Gasteiger charge is 2.33. The van der Waals surface area contributed by atoms with Crippen molar-refractivity contribution >= 4 is 0 Å². The van der Waals surface area contributed by atoms with Crippen molar-refractivity contribution in [1.82, 2.24) is 4.90 Å². The van der Waals surface area contributed by atoms with Crippen molar-refractivity contribution < 1.29 is 0 Å². The van der Waals surface area contributed by atoms with Crippen LogP contribution in [0.15, 0.2) is 0 Å². The molecule has 1 rings (SSSR count). The third kappa shape index (κ3) is 2.48. The highest BCUT2D eigenvalue weighted by molar-refractivity contribution is 4.89. The van der Waals surface area contributed by atoms with Crippen LogP contribution in [0.3, 0.4) is 0 Å². The second kappa shape index (κ2) is 3.02. The molecule has 1 nitrogen and oxygen atoms in total. The van der Waals surface area contributed by atoms with Crippen LogP contribution in [0.2, 0.25) is 0 Å². The van der Waals surface area contributed by atoms with Gasteiger partial charge in [-0.25, -0.2) is 0 Å². The van der Waals surface area contributed by atoms with Crippen molar-refractivity contribution in [3.8, 4) is 0 Å². The van der Waals surface area contributed by atoms with Gasteiger partial charge in [-0.1, -0.05) is 20.8 Å². The molecule has 1 heteroatoms. The maximum Gasteiger partial charge on any atom is 0.0153 e. The standard InChI is InChI=1S/C11H23N/c1-10(2,3)9-12-8-6-7-11(12,4)5/h6-9H2,1-5H3. The van der Waals surface area contributed by atoms with Crippen molar-refractivity contribution in [3.05, 3.63) is 0 Å². The minimum Gasteiger partial charge on any atom is -0.298 e. The molecule has 0 radical (unpaired) electrons. The number of hydrogen-bond acceptors (Lipinski definition) is 1. The lowest BCUT2D eigenvalue weighted by Crippen LogP contribution is -2.42. The highest BCUT2D eigenvalue weighted by Crippen LogP contribution is 2.31. The van der Waals surface area contributed by atoms with Gasteiger partial charge in [0.05, 0.1) is 0 Å². The predicted octanol–water partition coefficient (Wildman–Crippen LogP) is 2.91. The fraction of sp³-hybridized carbons (Fsp3) is 1.00. The Balaban J connectivity index is 2.53. The molecule has 1 heterocycles. The van der Waals surface area contributed by atoms with Gasteiger partial charge >= 0.3 is 0 Å². The molecular weight excluding hydrogens is 146 g/mol. The van der Waals surface area contributed by atoms with Gasteiger partial charge in [-0.3, -0.25) is 4.90 Å². The van der Waals surface area contributed by atoms with Crippen molar-refractivity contribution in [2.75, 3.05) is 13.1 Å². The zero-order chi connectivity index (χ0) is 9.41. The Labute approximate surface area is 77.1 Å². The molecule has 12 heavy (non-hydrogen) atoms. The summed E-state index contributed by atoms with van der Waals surface area (Å²) in [5.74, 6) is 0. The first kappa shape index (κ1) is 10.0. The van der Waals surface area contributed by atoms with Crippen molar-refractivity contribution in [3.63, 3.8) is 0 Å².